The standard InChI is InChI=1S/C31H27F3N2O3/c1-18-27(30(38)36-23-10-6-9-22(17-23)31(32,33)34)28(20-11-13-24(39-2)14-12-20)29-25(35-18)15-21(16-26(29)37)19-7-4-3-5-8-19/h3-14,17,21,28,35H,15-16H2,1-2H3,(H,36,38)/t21-,28+/m0/s1. The van der Waals surface area contributed by atoms with Crippen molar-refractivity contribution in [2.75, 3.05) is 12.4 Å². The Bertz CT molecular complexity index is 1470. The molecule has 200 valence electrons. The zero-order valence-corrected chi connectivity index (χ0v) is 21.4. The van der Waals surface area contributed by atoms with E-state index in [0.717, 1.165) is 23.4 Å². The summed E-state index contributed by atoms with van der Waals surface area (Å²) in [4.78, 5) is 27.4. The minimum Gasteiger partial charge on any atom is -0.497 e. The Labute approximate surface area is 224 Å². The molecule has 2 aliphatic rings. The van der Waals surface area contributed by atoms with Crippen LogP contribution < -0.4 is 15.4 Å². The molecule has 2 atom stereocenters. The molecule has 1 heterocycles. The van der Waals surface area contributed by atoms with Gasteiger partial charge >= 0.3 is 6.18 Å². The Hall–Kier alpha value is -4.33. The highest BCUT2D eigenvalue weighted by molar-refractivity contribution is 6.10. The molecule has 0 fully saturated rings. The minimum atomic E-state index is -4.54. The second-order valence-corrected chi connectivity index (χ2v) is 9.73. The van der Waals surface area contributed by atoms with Crippen LogP contribution in [0.4, 0.5) is 18.9 Å². The van der Waals surface area contributed by atoms with Crippen molar-refractivity contribution in [2.24, 2.45) is 0 Å². The monoisotopic (exact) mass is 532 g/mol. The smallest absolute Gasteiger partial charge is 0.416 e. The molecule has 0 saturated heterocycles. The van der Waals surface area contributed by atoms with Crippen molar-refractivity contribution in [3.05, 3.63) is 118 Å². The van der Waals surface area contributed by atoms with Crippen molar-refractivity contribution in [3.63, 3.8) is 0 Å². The molecule has 0 spiro atoms. The lowest BCUT2D eigenvalue weighted by Gasteiger charge is -2.37. The number of ether oxygens (including phenoxy) is 1. The summed E-state index contributed by atoms with van der Waals surface area (Å²) in [6, 6.07) is 21.5. The van der Waals surface area contributed by atoms with Crippen molar-refractivity contribution in [1.82, 2.24) is 5.32 Å². The first kappa shape index (κ1) is 26.3. The number of Topliss-reactive ketones (excluding diaryl/α,β-unsaturated/α-hetero) is 1. The quantitative estimate of drug-likeness (QED) is 0.383. The fourth-order valence-electron chi connectivity index (χ4n) is 5.40. The average Bonchev–Trinajstić information content (AvgIpc) is 2.92. The van der Waals surface area contributed by atoms with E-state index < -0.39 is 23.6 Å². The van der Waals surface area contributed by atoms with Gasteiger partial charge < -0.3 is 15.4 Å². The van der Waals surface area contributed by atoms with Crippen LogP contribution in [0.3, 0.4) is 0 Å². The van der Waals surface area contributed by atoms with Gasteiger partial charge in [0.15, 0.2) is 5.78 Å². The number of carbonyl (C=O) groups excluding carboxylic acids is 2. The van der Waals surface area contributed by atoms with Gasteiger partial charge in [0.05, 0.1) is 12.7 Å². The molecule has 1 aliphatic heterocycles. The summed E-state index contributed by atoms with van der Waals surface area (Å²) < 4.78 is 45.1. The summed E-state index contributed by atoms with van der Waals surface area (Å²) in [5.41, 5.74) is 3.02. The number of rotatable bonds is 5. The normalized spacial score (nSPS) is 19.4. The molecular formula is C31H27F3N2O3. The topological polar surface area (TPSA) is 67.4 Å². The van der Waals surface area contributed by atoms with Crippen molar-refractivity contribution >= 4 is 17.4 Å². The molecule has 2 N–H and O–H groups in total. The number of dihydropyridines is 1. The predicted octanol–water partition coefficient (Wildman–Crippen LogP) is 6.71. The number of amides is 1. The van der Waals surface area contributed by atoms with E-state index in [1.165, 1.54) is 12.1 Å². The van der Waals surface area contributed by atoms with E-state index in [9.17, 15) is 22.8 Å². The summed E-state index contributed by atoms with van der Waals surface area (Å²) in [7, 11) is 1.55. The van der Waals surface area contributed by atoms with Crippen molar-refractivity contribution in [3.8, 4) is 5.75 Å². The summed E-state index contributed by atoms with van der Waals surface area (Å²) in [6.45, 7) is 1.75. The number of halogens is 3. The van der Waals surface area contributed by atoms with Crippen LogP contribution in [0.5, 0.6) is 5.75 Å². The fourth-order valence-corrected chi connectivity index (χ4v) is 5.40. The SMILES string of the molecule is COc1ccc([C@@H]2C(C(=O)Nc3cccc(C(F)(F)F)c3)=C(C)NC3=C2C(=O)C[C@@H](c2ccccc2)C3)cc1. The predicted molar refractivity (Wildman–Crippen MR) is 142 cm³/mol. The molecule has 8 heteroatoms. The first-order chi connectivity index (χ1) is 18.7. The van der Waals surface area contributed by atoms with Gasteiger partial charge in [-0.05, 0) is 60.7 Å². The molecule has 3 aromatic rings. The molecular weight excluding hydrogens is 505 g/mol. The van der Waals surface area contributed by atoms with Crippen LogP contribution >= 0.6 is 0 Å². The van der Waals surface area contributed by atoms with Crippen LogP contribution in [0.15, 0.2) is 101 Å². The summed E-state index contributed by atoms with van der Waals surface area (Å²) in [5.74, 6) is -0.728. The third kappa shape index (κ3) is 5.32. The molecule has 1 amide bonds. The molecule has 5 rings (SSSR count). The highest BCUT2D eigenvalue weighted by Crippen LogP contribution is 2.46. The van der Waals surface area contributed by atoms with Gasteiger partial charge in [-0.1, -0.05) is 48.5 Å². The first-order valence-corrected chi connectivity index (χ1v) is 12.6. The number of alkyl halides is 3. The van der Waals surface area contributed by atoms with Crippen LogP contribution in [-0.2, 0) is 15.8 Å². The summed E-state index contributed by atoms with van der Waals surface area (Å²) in [5, 5.41) is 5.92. The molecule has 1 aliphatic carbocycles. The number of benzene rings is 3. The molecule has 3 aromatic carbocycles. The van der Waals surface area contributed by atoms with Crippen molar-refractivity contribution in [2.45, 2.75) is 37.8 Å². The highest BCUT2D eigenvalue weighted by Gasteiger charge is 2.41. The van der Waals surface area contributed by atoms with Gasteiger partial charge in [0.1, 0.15) is 5.75 Å². The number of anilines is 1. The molecule has 0 radical (unpaired) electrons. The lowest BCUT2D eigenvalue weighted by Crippen LogP contribution is -2.37. The fraction of sp³-hybridized carbons (Fsp3) is 0.226. The molecule has 0 aromatic heterocycles. The Morgan fingerprint density at radius 1 is 0.949 bits per heavy atom. The van der Waals surface area contributed by atoms with Gasteiger partial charge in [-0.25, -0.2) is 0 Å². The maximum absolute atomic E-state index is 13.7. The Kier molecular flexibility index (Phi) is 7.04. The maximum atomic E-state index is 13.7. The Morgan fingerprint density at radius 2 is 1.67 bits per heavy atom. The van der Waals surface area contributed by atoms with Crippen molar-refractivity contribution < 1.29 is 27.5 Å². The second-order valence-electron chi connectivity index (χ2n) is 9.73. The lowest BCUT2D eigenvalue weighted by atomic mass is 9.71. The van der Waals surface area contributed by atoms with E-state index in [4.69, 9.17) is 4.74 Å². The third-order valence-electron chi connectivity index (χ3n) is 7.24. The molecule has 0 saturated carbocycles. The number of hydrogen-bond donors (Lipinski definition) is 2. The van der Waals surface area contributed by atoms with Gasteiger partial charge in [0, 0.05) is 40.6 Å². The maximum Gasteiger partial charge on any atom is 0.416 e. The minimum absolute atomic E-state index is 0.00486. The van der Waals surface area contributed by atoms with Crippen LogP contribution in [0.25, 0.3) is 0 Å². The van der Waals surface area contributed by atoms with E-state index in [1.807, 2.05) is 30.3 Å². The van der Waals surface area contributed by atoms with Crippen LogP contribution in [0, 0.1) is 0 Å². The second kappa shape index (κ2) is 10.4. The van der Waals surface area contributed by atoms with Crippen LogP contribution in [0.2, 0.25) is 0 Å². The van der Waals surface area contributed by atoms with Gasteiger partial charge in [0.2, 0.25) is 0 Å². The van der Waals surface area contributed by atoms with Gasteiger partial charge in [-0.2, -0.15) is 13.2 Å². The number of methoxy groups -OCH3 is 1. The average molecular weight is 533 g/mol. The van der Waals surface area contributed by atoms with E-state index in [2.05, 4.69) is 10.6 Å². The lowest BCUT2D eigenvalue weighted by molar-refractivity contribution is -0.137. The largest absolute Gasteiger partial charge is 0.497 e. The number of carbonyl (C=O) groups is 2. The Morgan fingerprint density at radius 3 is 2.33 bits per heavy atom. The molecule has 39 heavy (non-hydrogen) atoms. The zero-order valence-electron chi connectivity index (χ0n) is 21.4. The van der Waals surface area contributed by atoms with Crippen molar-refractivity contribution in [1.29, 1.82) is 0 Å². The van der Waals surface area contributed by atoms with E-state index in [-0.39, 0.29) is 23.0 Å². The third-order valence-corrected chi connectivity index (χ3v) is 7.24. The number of hydrogen-bond acceptors (Lipinski definition) is 4. The number of nitrogens with one attached hydrogen (secondary N) is 2. The summed E-state index contributed by atoms with van der Waals surface area (Å²) >= 11 is 0. The first-order valence-electron chi connectivity index (χ1n) is 12.6. The van der Waals surface area contributed by atoms with Crippen LogP contribution in [-0.4, -0.2) is 18.8 Å². The highest BCUT2D eigenvalue weighted by atomic mass is 19.4. The van der Waals surface area contributed by atoms with Gasteiger partial charge in [-0.15, -0.1) is 0 Å². The molecule has 0 bridgehead atoms. The van der Waals surface area contributed by atoms with E-state index in [1.54, 1.807) is 38.3 Å². The molecule has 5 nitrogen and oxygen atoms in total. The Balaban J connectivity index is 1.54. The van der Waals surface area contributed by atoms with Crippen LogP contribution in [0.1, 0.15) is 48.3 Å². The van der Waals surface area contributed by atoms with Gasteiger partial charge in [0.25, 0.3) is 5.91 Å². The van der Waals surface area contributed by atoms with Gasteiger partial charge in [-0.3, -0.25) is 9.59 Å². The number of allylic oxidation sites excluding steroid dienone is 3. The zero-order chi connectivity index (χ0) is 27.7. The van der Waals surface area contributed by atoms with E-state index in [0.29, 0.717) is 35.4 Å². The van der Waals surface area contributed by atoms with E-state index >= 15 is 0 Å². The number of ketones is 1. The summed E-state index contributed by atoms with van der Waals surface area (Å²) in [6.07, 6.45) is -3.66. The molecule has 0 unspecified atom stereocenters.